The fourth-order valence-corrected chi connectivity index (χ4v) is 5.84. The largest absolute Gasteiger partial charge is 0.462 e. The summed E-state index contributed by atoms with van der Waals surface area (Å²) in [4.78, 5) is 37.4. The average molecular weight is 741 g/mol. The molecule has 53 heavy (non-hydrogen) atoms. The molecule has 304 valence electrons. The van der Waals surface area contributed by atoms with Crippen LogP contribution in [-0.4, -0.2) is 37.2 Å². The van der Waals surface area contributed by atoms with Crippen LogP contribution in [0.3, 0.4) is 0 Å². The molecule has 0 aromatic heterocycles. The molecule has 0 aliphatic heterocycles. The molecule has 0 saturated heterocycles. The van der Waals surface area contributed by atoms with Crippen LogP contribution in [0, 0.1) is 0 Å². The summed E-state index contributed by atoms with van der Waals surface area (Å²) in [5.74, 6) is -1.09. The van der Waals surface area contributed by atoms with Crippen LogP contribution < -0.4 is 0 Å². The quantitative estimate of drug-likeness (QED) is 0.0271. The minimum atomic E-state index is -0.830. The van der Waals surface area contributed by atoms with E-state index in [1.807, 2.05) is 6.08 Å². The van der Waals surface area contributed by atoms with Crippen LogP contribution in [0.4, 0.5) is 0 Å². The number of unbranched alkanes of at least 4 members (excludes halogenated alkanes) is 18. The van der Waals surface area contributed by atoms with Crippen LogP contribution in [0.15, 0.2) is 60.8 Å². The van der Waals surface area contributed by atoms with Gasteiger partial charge in [0.05, 0.1) is 6.42 Å². The number of hydrogen-bond donors (Lipinski definition) is 0. The summed E-state index contributed by atoms with van der Waals surface area (Å²) >= 11 is 0. The fraction of sp³-hybridized carbons (Fsp3) is 0.723. The number of ether oxygens (including phenoxy) is 3. The van der Waals surface area contributed by atoms with Crippen molar-refractivity contribution in [1.29, 1.82) is 0 Å². The maximum Gasteiger partial charge on any atom is 0.310 e. The van der Waals surface area contributed by atoms with Crippen molar-refractivity contribution in [3.63, 3.8) is 0 Å². The van der Waals surface area contributed by atoms with Gasteiger partial charge in [-0.25, -0.2) is 0 Å². The van der Waals surface area contributed by atoms with Gasteiger partial charge >= 0.3 is 17.9 Å². The number of hydrogen-bond acceptors (Lipinski definition) is 6. The molecule has 0 spiro atoms. The van der Waals surface area contributed by atoms with Gasteiger partial charge in [-0.05, 0) is 57.8 Å². The molecule has 0 N–H and O–H groups in total. The molecular formula is C47H80O6. The van der Waals surface area contributed by atoms with Crippen molar-refractivity contribution in [2.75, 3.05) is 13.2 Å². The third kappa shape index (κ3) is 40.1. The highest BCUT2D eigenvalue weighted by atomic mass is 16.6. The van der Waals surface area contributed by atoms with Gasteiger partial charge in [0, 0.05) is 12.8 Å². The average Bonchev–Trinajstić information content (AvgIpc) is 3.15. The molecule has 1 unspecified atom stereocenters. The monoisotopic (exact) mass is 741 g/mol. The second-order valence-electron chi connectivity index (χ2n) is 14.2. The second kappa shape index (κ2) is 41.9. The van der Waals surface area contributed by atoms with Gasteiger partial charge in [0.1, 0.15) is 13.2 Å². The maximum atomic E-state index is 12.6. The molecule has 0 amide bonds. The molecule has 0 bridgehead atoms. The molecule has 0 saturated carbocycles. The zero-order valence-electron chi connectivity index (χ0n) is 34.5. The molecule has 0 aliphatic carbocycles. The zero-order valence-corrected chi connectivity index (χ0v) is 34.5. The van der Waals surface area contributed by atoms with Crippen LogP contribution in [0.25, 0.3) is 0 Å². The first-order valence-corrected chi connectivity index (χ1v) is 21.8. The van der Waals surface area contributed by atoms with E-state index in [9.17, 15) is 14.4 Å². The van der Waals surface area contributed by atoms with E-state index in [4.69, 9.17) is 14.2 Å². The summed E-state index contributed by atoms with van der Waals surface area (Å²) in [7, 11) is 0. The lowest BCUT2D eigenvalue weighted by atomic mass is 10.0. The van der Waals surface area contributed by atoms with Crippen molar-refractivity contribution in [3.05, 3.63) is 60.8 Å². The van der Waals surface area contributed by atoms with Crippen molar-refractivity contribution in [2.24, 2.45) is 0 Å². The predicted molar refractivity (Wildman–Crippen MR) is 224 cm³/mol. The van der Waals surface area contributed by atoms with Crippen LogP contribution in [0.1, 0.15) is 201 Å². The van der Waals surface area contributed by atoms with E-state index in [0.717, 1.165) is 70.6 Å². The van der Waals surface area contributed by atoms with E-state index >= 15 is 0 Å². The van der Waals surface area contributed by atoms with Gasteiger partial charge in [-0.15, -0.1) is 0 Å². The fourth-order valence-electron chi connectivity index (χ4n) is 5.84. The van der Waals surface area contributed by atoms with E-state index in [1.54, 1.807) is 6.08 Å². The molecule has 6 heteroatoms. The van der Waals surface area contributed by atoms with E-state index in [1.165, 1.54) is 89.9 Å². The summed E-state index contributed by atoms with van der Waals surface area (Å²) in [5.41, 5.74) is 0. The number of carbonyl (C=O) groups excluding carboxylic acids is 3. The Balaban J connectivity index is 4.34. The Morgan fingerprint density at radius 2 is 0.792 bits per heavy atom. The highest BCUT2D eigenvalue weighted by Gasteiger charge is 2.19. The SMILES string of the molecule is CC/C=C\C/C=C\C/C=C\CC(=O)OC(COC(=O)CCCC/C=C\C/C=C\CC)COC(=O)CCCCCCCCCCCCCCCCCCC. The summed E-state index contributed by atoms with van der Waals surface area (Å²) in [6.07, 6.45) is 49.7. The van der Waals surface area contributed by atoms with Crippen molar-refractivity contribution in [1.82, 2.24) is 0 Å². The Morgan fingerprint density at radius 1 is 0.415 bits per heavy atom. The minimum absolute atomic E-state index is 0.100. The summed E-state index contributed by atoms with van der Waals surface area (Å²) in [6, 6.07) is 0. The van der Waals surface area contributed by atoms with Crippen molar-refractivity contribution in [3.8, 4) is 0 Å². The third-order valence-electron chi connectivity index (χ3n) is 9.05. The summed E-state index contributed by atoms with van der Waals surface area (Å²) in [5, 5.41) is 0. The molecule has 0 heterocycles. The first-order chi connectivity index (χ1) is 26.0. The molecule has 0 fully saturated rings. The van der Waals surface area contributed by atoms with E-state index in [2.05, 4.69) is 69.4 Å². The van der Waals surface area contributed by atoms with E-state index < -0.39 is 12.1 Å². The summed E-state index contributed by atoms with van der Waals surface area (Å²) in [6.45, 7) is 6.26. The van der Waals surface area contributed by atoms with Crippen LogP contribution in [0.2, 0.25) is 0 Å². The molecule has 6 nitrogen and oxygen atoms in total. The molecular weight excluding hydrogens is 661 g/mol. The van der Waals surface area contributed by atoms with Gasteiger partial charge in [-0.1, -0.05) is 184 Å². The first-order valence-electron chi connectivity index (χ1n) is 21.8. The van der Waals surface area contributed by atoms with Gasteiger partial charge in [-0.2, -0.15) is 0 Å². The Labute approximate surface area is 326 Å². The number of esters is 3. The second-order valence-corrected chi connectivity index (χ2v) is 14.2. The minimum Gasteiger partial charge on any atom is -0.462 e. The predicted octanol–water partition coefficient (Wildman–Crippen LogP) is 13.7. The third-order valence-corrected chi connectivity index (χ3v) is 9.05. The van der Waals surface area contributed by atoms with Gasteiger partial charge in [0.25, 0.3) is 0 Å². The molecule has 0 aliphatic rings. The summed E-state index contributed by atoms with van der Waals surface area (Å²) < 4.78 is 16.5. The normalized spacial score (nSPS) is 12.6. The number of allylic oxidation sites excluding steroid dienone is 9. The standard InChI is InChI=1S/C47H80O6/c1-4-7-10-13-16-19-20-21-22-23-24-25-26-29-31-34-37-40-46(49)52-43-44(53-47(50)41-38-35-32-28-18-15-12-9-6-3)42-51-45(48)39-36-33-30-27-17-14-11-8-5-2/h8-9,11-12,17-18,27-28,35,38,44H,4-7,10,13-16,19-26,29-34,36-37,39-43H2,1-3H3/b11-8-,12-9-,27-17-,28-18-,38-35-. The van der Waals surface area contributed by atoms with E-state index in [-0.39, 0.29) is 31.6 Å². The zero-order chi connectivity index (χ0) is 38.7. The van der Waals surface area contributed by atoms with Crippen LogP contribution in [-0.2, 0) is 28.6 Å². The number of carbonyl (C=O) groups is 3. The molecule has 1 atom stereocenters. The lowest BCUT2D eigenvalue weighted by Gasteiger charge is -2.18. The smallest absolute Gasteiger partial charge is 0.310 e. The maximum absolute atomic E-state index is 12.6. The van der Waals surface area contributed by atoms with Gasteiger partial charge < -0.3 is 14.2 Å². The topological polar surface area (TPSA) is 78.9 Å². The molecule has 0 aromatic carbocycles. The first kappa shape index (κ1) is 50.1. The van der Waals surface area contributed by atoms with Crippen LogP contribution >= 0.6 is 0 Å². The Kier molecular flexibility index (Phi) is 39.6. The van der Waals surface area contributed by atoms with Crippen molar-refractivity contribution in [2.45, 2.75) is 207 Å². The molecule has 0 radical (unpaired) electrons. The highest BCUT2D eigenvalue weighted by molar-refractivity contribution is 5.72. The number of rotatable bonds is 38. The van der Waals surface area contributed by atoms with Crippen LogP contribution in [0.5, 0.6) is 0 Å². The Bertz CT molecular complexity index is 991. The molecule has 0 rings (SSSR count). The lowest BCUT2D eigenvalue weighted by molar-refractivity contribution is -0.166. The Hall–Kier alpha value is -2.89. The van der Waals surface area contributed by atoms with E-state index in [0.29, 0.717) is 12.8 Å². The van der Waals surface area contributed by atoms with Gasteiger partial charge in [-0.3, -0.25) is 14.4 Å². The Morgan fingerprint density at radius 3 is 1.25 bits per heavy atom. The van der Waals surface area contributed by atoms with Gasteiger partial charge in [0.2, 0.25) is 0 Å². The van der Waals surface area contributed by atoms with Gasteiger partial charge in [0.15, 0.2) is 6.10 Å². The van der Waals surface area contributed by atoms with Crippen molar-refractivity contribution < 1.29 is 28.6 Å². The van der Waals surface area contributed by atoms with Crippen molar-refractivity contribution >= 4 is 17.9 Å². The highest BCUT2D eigenvalue weighted by Crippen LogP contribution is 2.15. The lowest BCUT2D eigenvalue weighted by Crippen LogP contribution is -2.30. The molecule has 0 aromatic rings.